The van der Waals surface area contributed by atoms with Gasteiger partial charge in [-0.3, -0.25) is 4.79 Å². The molecule has 1 N–H and O–H groups in total. The fourth-order valence-electron chi connectivity index (χ4n) is 4.02. The van der Waals surface area contributed by atoms with Crippen molar-refractivity contribution in [1.82, 2.24) is 4.90 Å². The van der Waals surface area contributed by atoms with Crippen LogP contribution in [0.1, 0.15) is 50.3 Å². The van der Waals surface area contributed by atoms with Crippen LogP contribution >= 0.6 is 11.8 Å². The molecule has 0 radical (unpaired) electrons. The number of rotatable bonds is 6. The number of allylic oxidation sites excluding steroid dienone is 1. The Morgan fingerprint density at radius 1 is 1.15 bits per heavy atom. The Balaban J connectivity index is 1.65. The maximum absolute atomic E-state index is 13.2. The number of amidine groups is 1. The van der Waals surface area contributed by atoms with Gasteiger partial charge >= 0.3 is 5.97 Å². The predicted molar refractivity (Wildman–Crippen MR) is 133 cm³/mol. The summed E-state index contributed by atoms with van der Waals surface area (Å²) in [5.41, 5.74) is 4.36. The summed E-state index contributed by atoms with van der Waals surface area (Å²) >= 11 is 1.41. The number of anilines is 1. The molecule has 8 heteroatoms. The second-order valence-corrected chi connectivity index (χ2v) is 9.27. The van der Waals surface area contributed by atoms with Crippen LogP contribution in [-0.2, 0) is 14.3 Å². The van der Waals surface area contributed by atoms with Crippen molar-refractivity contribution in [2.45, 2.75) is 39.2 Å². The lowest BCUT2D eigenvalue weighted by atomic mass is 9.92. The van der Waals surface area contributed by atoms with Crippen LogP contribution in [0, 0.1) is 5.82 Å². The van der Waals surface area contributed by atoms with E-state index in [1.807, 2.05) is 22.4 Å². The lowest BCUT2D eigenvalue weighted by Gasteiger charge is -2.36. The molecule has 34 heavy (non-hydrogen) atoms. The van der Waals surface area contributed by atoms with Gasteiger partial charge < -0.3 is 15.0 Å². The van der Waals surface area contributed by atoms with Gasteiger partial charge in [-0.2, -0.15) is 0 Å². The van der Waals surface area contributed by atoms with Crippen molar-refractivity contribution in [3.05, 3.63) is 87.9 Å². The first kappa shape index (κ1) is 23.8. The molecule has 1 atom stereocenters. The molecular formula is C26H26FN3O3S. The highest BCUT2D eigenvalue weighted by molar-refractivity contribution is 8.16. The average molecular weight is 480 g/mol. The third-order valence-corrected chi connectivity index (χ3v) is 6.68. The molecule has 2 aliphatic rings. The van der Waals surface area contributed by atoms with Gasteiger partial charge in [-0.05, 0) is 53.6 Å². The Labute approximate surface area is 202 Å². The van der Waals surface area contributed by atoms with Crippen LogP contribution in [0.4, 0.5) is 10.1 Å². The zero-order valence-corrected chi connectivity index (χ0v) is 20.3. The van der Waals surface area contributed by atoms with Crippen molar-refractivity contribution < 1.29 is 18.7 Å². The zero-order chi connectivity index (χ0) is 24.4. The van der Waals surface area contributed by atoms with Gasteiger partial charge in [-0.15, -0.1) is 0 Å². The second-order valence-electron chi connectivity index (χ2n) is 8.44. The number of hydrogen-bond acceptors (Lipinski definition) is 6. The van der Waals surface area contributed by atoms with E-state index >= 15 is 0 Å². The molecule has 0 fully saturated rings. The Kier molecular flexibility index (Phi) is 6.88. The van der Waals surface area contributed by atoms with Crippen molar-refractivity contribution in [1.29, 1.82) is 0 Å². The number of carbonyl (C=O) groups is 2. The topological polar surface area (TPSA) is 71.0 Å². The van der Waals surface area contributed by atoms with Gasteiger partial charge in [0.1, 0.15) is 5.82 Å². The van der Waals surface area contributed by atoms with E-state index < -0.39 is 12.0 Å². The molecule has 2 heterocycles. The normalized spacial score (nSPS) is 17.4. The average Bonchev–Trinajstić information content (AvgIpc) is 3.20. The number of aliphatic imine (C=N–C) groups is 1. The summed E-state index contributed by atoms with van der Waals surface area (Å²) in [6.07, 6.45) is 0.0669. The Bertz CT molecular complexity index is 1200. The number of benzene rings is 2. The van der Waals surface area contributed by atoms with Gasteiger partial charge in [0.05, 0.1) is 30.8 Å². The summed E-state index contributed by atoms with van der Waals surface area (Å²) < 4.78 is 18.3. The van der Waals surface area contributed by atoms with Crippen molar-refractivity contribution >= 4 is 34.5 Å². The molecule has 0 spiro atoms. The lowest BCUT2D eigenvalue weighted by Crippen LogP contribution is -2.37. The minimum Gasteiger partial charge on any atom is -0.466 e. The number of halogens is 1. The van der Waals surface area contributed by atoms with Crippen LogP contribution < -0.4 is 5.32 Å². The van der Waals surface area contributed by atoms with E-state index in [0.29, 0.717) is 28.0 Å². The maximum atomic E-state index is 13.2. The van der Waals surface area contributed by atoms with Gasteiger partial charge in [0, 0.05) is 11.4 Å². The van der Waals surface area contributed by atoms with Gasteiger partial charge in [0.25, 0.3) is 0 Å². The highest BCUT2D eigenvalue weighted by Crippen LogP contribution is 2.45. The number of esters is 1. The van der Waals surface area contributed by atoms with E-state index in [2.05, 4.69) is 36.3 Å². The summed E-state index contributed by atoms with van der Waals surface area (Å²) in [6, 6.07) is 13.3. The predicted octanol–water partition coefficient (Wildman–Crippen LogP) is 5.73. The monoisotopic (exact) mass is 479 g/mol. The van der Waals surface area contributed by atoms with E-state index in [4.69, 9.17) is 4.74 Å². The van der Waals surface area contributed by atoms with Crippen LogP contribution in [0.2, 0.25) is 0 Å². The van der Waals surface area contributed by atoms with Crippen LogP contribution in [0.3, 0.4) is 0 Å². The van der Waals surface area contributed by atoms with Gasteiger partial charge in [-0.1, -0.05) is 49.9 Å². The number of fused-ring (bicyclic) bond motifs is 1. The zero-order valence-electron chi connectivity index (χ0n) is 19.5. The third kappa shape index (κ3) is 4.77. The Morgan fingerprint density at radius 3 is 2.44 bits per heavy atom. The first-order chi connectivity index (χ1) is 16.3. The van der Waals surface area contributed by atoms with Crippen molar-refractivity contribution in [2.75, 3.05) is 12.4 Å². The fourth-order valence-corrected chi connectivity index (χ4v) is 4.99. The van der Waals surface area contributed by atoms with Crippen LogP contribution in [0.15, 0.2) is 75.9 Å². The molecule has 2 aliphatic heterocycles. The van der Waals surface area contributed by atoms with Crippen molar-refractivity contribution in [3.63, 3.8) is 0 Å². The molecule has 4 rings (SSSR count). The molecule has 2 aromatic carbocycles. The largest absolute Gasteiger partial charge is 0.466 e. The quantitative estimate of drug-likeness (QED) is 0.536. The van der Waals surface area contributed by atoms with Crippen molar-refractivity contribution in [2.24, 2.45) is 4.99 Å². The smallest absolute Gasteiger partial charge is 0.338 e. The first-order valence-corrected chi connectivity index (χ1v) is 11.8. The van der Waals surface area contributed by atoms with Crippen molar-refractivity contribution in [3.8, 4) is 0 Å². The number of carbonyl (C=O) groups excluding carboxylic acids is 2. The summed E-state index contributed by atoms with van der Waals surface area (Å²) in [6.45, 7) is 6.05. The number of methoxy groups -OCH3 is 1. The lowest BCUT2D eigenvalue weighted by molar-refractivity contribution is -0.136. The molecule has 0 saturated carbocycles. The molecule has 1 amide bonds. The second kappa shape index (κ2) is 9.85. The summed E-state index contributed by atoms with van der Waals surface area (Å²) in [5.74, 6) is -0.696. The standard InChI is InChI=1S/C26H26FN3O3S/c1-15(2)17-5-7-18(8-6-17)24-23(25(32)33-4)16(3)28-26-30(24)21(14-34-26)13-22(31)29-20-11-9-19(27)10-12-20/h5-12,14-15,24H,13H2,1-4H3,(H,29,31)/t24-/m0/s1. The van der Waals surface area contributed by atoms with Gasteiger partial charge in [-0.25, -0.2) is 14.2 Å². The third-order valence-electron chi connectivity index (χ3n) is 5.79. The molecule has 176 valence electrons. The molecule has 0 aliphatic carbocycles. The van der Waals surface area contributed by atoms with E-state index in [1.165, 1.54) is 48.7 Å². The Morgan fingerprint density at radius 2 is 1.82 bits per heavy atom. The SMILES string of the molecule is COC(=O)C1=C(C)N=C2SC=C(CC(=O)Nc3ccc(F)cc3)N2[C@H]1c1ccc(C(C)C)cc1. The number of ether oxygens (including phenoxy) is 1. The number of amides is 1. The highest BCUT2D eigenvalue weighted by Gasteiger charge is 2.41. The molecular weight excluding hydrogens is 453 g/mol. The highest BCUT2D eigenvalue weighted by atomic mass is 32.2. The number of nitrogens with zero attached hydrogens (tertiary/aromatic N) is 2. The Hall–Kier alpha value is -3.39. The van der Waals surface area contributed by atoms with Gasteiger partial charge in [0.15, 0.2) is 5.17 Å². The summed E-state index contributed by atoms with van der Waals surface area (Å²) in [4.78, 5) is 32.2. The molecule has 0 bridgehead atoms. The molecule has 2 aromatic rings. The van der Waals surface area contributed by atoms with E-state index in [0.717, 1.165) is 11.3 Å². The summed E-state index contributed by atoms with van der Waals surface area (Å²) in [7, 11) is 1.35. The number of hydrogen-bond donors (Lipinski definition) is 1. The van der Waals surface area contributed by atoms with Crippen LogP contribution in [0.5, 0.6) is 0 Å². The van der Waals surface area contributed by atoms with E-state index in [1.54, 1.807) is 6.92 Å². The molecule has 0 aromatic heterocycles. The van der Waals surface area contributed by atoms with Gasteiger partial charge in [0.2, 0.25) is 5.91 Å². The number of thioether (sulfide) groups is 1. The molecule has 0 saturated heterocycles. The molecule has 0 unspecified atom stereocenters. The van der Waals surface area contributed by atoms with Crippen LogP contribution in [0.25, 0.3) is 0 Å². The summed E-state index contributed by atoms with van der Waals surface area (Å²) in [5, 5.41) is 5.38. The molecule has 6 nitrogen and oxygen atoms in total. The fraction of sp³-hybridized carbons (Fsp3) is 0.269. The first-order valence-electron chi connectivity index (χ1n) is 11.0. The maximum Gasteiger partial charge on any atom is 0.338 e. The van der Waals surface area contributed by atoms with Crippen LogP contribution in [-0.4, -0.2) is 29.1 Å². The van der Waals surface area contributed by atoms with E-state index in [9.17, 15) is 14.0 Å². The number of nitrogens with one attached hydrogen (secondary N) is 1. The minimum atomic E-state index is -0.471. The van der Waals surface area contributed by atoms with E-state index in [-0.39, 0.29) is 18.1 Å². The minimum absolute atomic E-state index is 0.0669.